The summed E-state index contributed by atoms with van der Waals surface area (Å²) >= 11 is 1.06. The molecule has 1 aromatic heterocycles. The number of carboxylic acids is 1. The van der Waals surface area contributed by atoms with Crippen molar-refractivity contribution in [1.29, 1.82) is 0 Å². The van der Waals surface area contributed by atoms with Gasteiger partial charge >= 0.3 is 5.97 Å². The van der Waals surface area contributed by atoms with Gasteiger partial charge < -0.3 is 10.4 Å². The monoisotopic (exact) mass is 241 g/mol. The minimum absolute atomic E-state index is 0.0685. The zero-order valence-corrected chi connectivity index (χ0v) is 9.24. The lowest BCUT2D eigenvalue weighted by Crippen LogP contribution is -2.25. The number of nitrogens with zero attached hydrogens (tertiary/aromatic N) is 2. The topological polar surface area (TPSA) is 92.2 Å². The van der Waals surface area contributed by atoms with Gasteiger partial charge in [0.1, 0.15) is 6.33 Å². The molecule has 0 radical (unpaired) electrons. The summed E-state index contributed by atoms with van der Waals surface area (Å²) in [4.78, 5) is 29.1. The Labute approximate surface area is 96.5 Å². The van der Waals surface area contributed by atoms with E-state index in [2.05, 4.69) is 15.3 Å². The number of amides is 1. The van der Waals surface area contributed by atoms with Gasteiger partial charge in [-0.05, 0) is 6.07 Å². The maximum atomic E-state index is 11.2. The highest BCUT2D eigenvalue weighted by Crippen LogP contribution is 1.98. The average molecular weight is 241 g/mol. The van der Waals surface area contributed by atoms with Crippen molar-refractivity contribution in [3.63, 3.8) is 0 Å². The van der Waals surface area contributed by atoms with Gasteiger partial charge in [0.25, 0.3) is 0 Å². The Bertz CT molecular complexity index is 358. The first kappa shape index (κ1) is 12.4. The Hall–Kier alpha value is -1.63. The van der Waals surface area contributed by atoms with E-state index >= 15 is 0 Å². The van der Waals surface area contributed by atoms with E-state index in [1.54, 1.807) is 12.3 Å². The molecule has 1 heterocycles. The van der Waals surface area contributed by atoms with E-state index in [0.29, 0.717) is 12.2 Å². The summed E-state index contributed by atoms with van der Waals surface area (Å²) in [6.07, 6.45) is 2.99. The van der Waals surface area contributed by atoms with Crippen LogP contribution in [0, 0.1) is 0 Å². The van der Waals surface area contributed by atoms with Crippen LogP contribution in [-0.4, -0.2) is 38.5 Å². The summed E-state index contributed by atoms with van der Waals surface area (Å²) < 4.78 is 0. The number of hydrogen-bond donors (Lipinski definition) is 2. The number of nitrogens with one attached hydrogen (secondary N) is 1. The fraction of sp³-hybridized carbons (Fsp3) is 0.333. The van der Waals surface area contributed by atoms with Crippen LogP contribution in [0.4, 0.5) is 0 Å². The fourth-order valence-electron chi connectivity index (χ4n) is 0.894. The largest absolute Gasteiger partial charge is 0.481 e. The van der Waals surface area contributed by atoms with Crippen molar-refractivity contribution < 1.29 is 14.7 Å². The molecule has 2 N–H and O–H groups in total. The fourth-order valence-corrected chi connectivity index (χ4v) is 1.46. The van der Waals surface area contributed by atoms with Crippen LogP contribution in [-0.2, 0) is 16.1 Å². The van der Waals surface area contributed by atoms with Crippen molar-refractivity contribution in [2.24, 2.45) is 0 Å². The van der Waals surface area contributed by atoms with E-state index in [1.807, 2.05) is 0 Å². The van der Waals surface area contributed by atoms with Gasteiger partial charge in [-0.2, -0.15) is 0 Å². The Morgan fingerprint density at radius 1 is 1.44 bits per heavy atom. The standard InChI is InChI=1S/C9H11N3O3S/c13-8(4-16-5-9(14)15)11-3-7-1-2-10-6-12-7/h1-2,6H,3-5H2,(H,11,13)(H,14,15). The molecule has 1 aromatic rings. The van der Waals surface area contributed by atoms with Crippen molar-refractivity contribution in [1.82, 2.24) is 15.3 Å². The number of carbonyl (C=O) groups excluding carboxylic acids is 1. The first-order valence-electron chi connectivity index (χ1n) is 4.49. The second-order valence-corrected chi connectivity index (χ2v) is 3.85. The molecular weight excluding hydrogens is 230 g/mol. The number of carboxylic acid groups (broad SMARTS) is 1. The summed E-state index contributed by atoms with van der Waals surface area (Å²) in [6.45, 7) is 0.328. The molecule has 0 atom stereocenters. The molecule has 7 heteroatoms. The van der Waals surface area contributed by atoms with Crippen molar-refractivity contribution in [2.45, 2.75) is 6.54 Å². The normalized spacial score (nSPS) is 9.75. The third-order valence-electron chi connectivity index (χ3n) is 1.57. The van der Waals surface area contributed by atoms with Crippen molar-refractivity contribution in [3.8, 4) is 0 Å². The molecule has 0 fully saturated rings. The third-order valence-corrected chi connectivity index (χ3v) is 2.49. The number of rotatable bonds is 6. The van der Waals surface area contributed by atoms with Crippen molar-refractivity contribution in [2.75, 3.05) is 11.5 Å². The molecule has 0 aliphatic carbocycles. The minimum Gasteiger partial charge on any atom is -0.481 e. The summed E-state index contributed by atoms with van der Waals surface area (Å²) in [5, 5.41) is 11.0. The van der Waals surface area contributed by atoms with Gasteiger partial charge in [0, 0.05) is 6.20 Å². The predicted molar refractivity (Wildman–Crippen MR) is 58.8 cm³/mol. The van der Waals surface area contributed by atoms with Gasteiger partial charge in [-0.25, -0.2) is 9.97 Å². The van der Waals surface area contributed by atoms with E-state index in [0.717, 1.165) is 11.8 Å². The Balaban J connectivity index is 2.18. The smallest absolute Gasteiger partial charge is 0.313 e. The first-order chi connectivity index (χ1) is 7.68. The Morgan fingerprint density at radius 2 is 2.25 bits per heavy atom. The molecular formula is C9H11N3O3S. The summed E-state index contributed by atoms with van der Waals surface area (Å²) in [7, 11) is 0. The summed E-state index contributed by atoms with van der Waals surface area (Å²) in [6, 6.07) is 1.70. The number of aliphatic carboxylic acids is 1. The van der Waals surface area contributed by atoms with E-state index in [4.69, 9.17) is 5.11 Å². The lowest BCUT2D eigenvalue weighted by atomic mass is 10.4. The van der Waals surface area contributed by atoms with Gasteiger partial charge in [-0.15, -0.1) is 11.8 Å². The molecule has 86 valence electrons. The van der Waals surface area contributed by atoms with Crippen LogP contribution in [0.25, 0.3) is 0 Å². The quantitative estimate of drug-likeness (QED) is 0.723. The van der Waals surface area contributed by atoms with Crippen LogP contribution in [0.3, 0.4) is 0 Å². The molecule has 0 aliphatic heterocycles. The highest BCUT2D eigenvalue weighted by atomic mass is 32.2. The van der Waals surface area contributed by atoms with E-state index in [1.165, 1.54) is 6.33 Å². The summed E-state index contributed by atoms with van der Waals surface area (Å²) in [5.74, 6) is -1.06. The molecule has 1 amide bonds. The van der Waals surface area contributed by atoms with Crippen molar-refractivity contribution >= 4 is 23.6 Å². The molecule has 0 bridgehead atoms. The highest BCUT2D eigenvalue weighted by molar-refractivity contribution is 8.00. The van der Waals surface area contributed by atoms with Gasteiger partial charge in [0.15, 0.2) is 0 Å². The number of thioether (sulfide) groups is 1. The summed E-state index contributed by atoms with van der Waals surface area (Å²) in [5.41, 5.74) is 0.714. The van der Waals surface area contributed by atoms with Crippen LogP contribution < -0.4 is 5.32 Å². The van der Waals surface area contributed by atoms with E-state index < -0.39 is 5.97 Å². The molecule has 0 saturated heterocycles. The van der Waals surface area contributed by atoms with Gasteiger partial charge in [0.2, 0.25) is 5.91 Å². The highest BCUT2D eigenvalue weighted by Gasteiger charge is 2.04. The molecule has 6 nitrogen and oxygen atoms in total. The van der Waals surface area contributed by atoms with Crippen LogP contribution >= 0.6 is 11.8 Å². The minimum atomic E-state index is -0.923. The molecule has 0 unspecified atom stereocenters. The second kappa shape index (κ2) is 6.78. The third kappa shape index (κ3) is 5.30. The number of hydrogen-bond acceptors (Lipinski definition) is 5. The molecule has 16 heavy (non-hydrogen) atoms. The van der Waals surface area contributed by atoms with Gasteiger partial charge in [0.05, 0.1) is 23.7 Å². The first-order valence-corrected chi connectivity index (χ1v) is 5.65. The average Bonchev–Trinajstić information content (AvgIpc) is 2.27. The zero-order valence-electron chi connectivity index (χ0n) is 8.42. The lowest BCUT2D eigenvalue weighted by Gasteiger charge is -2.03. The van der Waals surface area contributed by atoms with Crippen LogP contribution in [0.15, 0.2) is 18.6 Å². The SMILES string of the molecule is O=C(O)CSCC(=O)NCc1ccncn1. The molecule has 0 spiro atoms. The molecule has 1 rings (SSSR count). The zero-order chi connectivity index (χ0) is 11.8. The Morgan fingerprint density at radius 3 is 2.88 bits per heavy atom. The number of aromatic nitrogens is 2. The van der Waals surface area contributed by atoms with Crippen LogP contribution in [0.1, 0.15) is 5.69 Å². The van der Waals surface area contributed by atoms with Gasteiger partial charge in [-0.1, -0.05) is 0 Å². The van der Waals surface area contributed by atoms with Crippen molar-refractivity contribution in [3.05, 3.63) is 24.3 Å². The molecule has 0 aliphatic rings. The molecule has 0 saturated carbocycles. The lowest BCUT2D eigenvalue weighted by molar-refractivity contribution is -0.133. The van der Waals surface area contributed by atoms with E-state index in [9.17, 15) is 9.59 Å². The maximum Gasteiger partial charge on any atom is 0.313 e. The van der Waals surface area contributed by atoms with Crippen LogP contribution in [0.5, 0.6) is 0 Å². The molecule has 0 aromatic carbocycles. The van der Waals surface area contributed by atoms with Crippen LogP contribution in [0.2, 0.25) is 0 Å². The Kier molecular flexibility index (Phi) is 5.27. The maximum absolute atomic E-state index is 11.2. The number of carbonyl (C=O) groups is 2. The van der Waals surface area contributed by atoms with Gasteiger partial charge in [-0.3, -0.25) is 9.59 Å². The predicted octanol–water partition coefficient (Wildman–Crippen LogP) is -0.0894. The second-order valence-electron chi connectivity index (χ2n) is 2.86. The van der Waals surface area contributed by atoms with E-state index in [-0.39, 0.29) is 17.4 Å².